The number of anilines is 1. The lowest BCUT2D eigenvalue weighted by Crippen LogP contribution is -2.49. The van der Waals surface area contributed by atoms with Crippen LogP contribution in [0.4, 0.5) is 10.5 Å². The van der Waals surface area contributed by atoms with Crippen LogP contribution in [0.5, 0.6) is 5.75 Å². The van der Waals surface area contributed by atoms with Gasteiger partial charge in [0, 0.05) is 6.20 Å². The van der Waals surface area contributed by atoms with Gasteiger partial charge in [-0.3, -0.25) is 0 Å². The second-order valence-electron chi connectivity index (χ2n) is 6.12. The molecule has 1 aliphatic carbocycles. The van der Waals surface area contributed by atoms with Gasteiger partial charge in [-0.2, -0.15) is 5.26 Å². The maximum absolute atomic E-state index is 12.5. The van der Waals surface area contributed by atoms with Crippen molar-refractivity contribution in [1.29, 1.82) is 5.26 Å². The first-order valence-corrected chi connectivity index (χ1v) is 8.24. The maximum Gasteiger partial charge on any atom is 0.320 e. The highest BCUT2D eigenvalue weighted by Gasteiger charge is 2.37. The highest BCUT2D eigenvalue weighted by Crippen LogP contribution is 2.36. The second kappa shape index (κ2) is 7.18. The minimum absolute atomic E-state index is 0.00384. The van der Waals surface area contributed by atoms with E-state index in [2.05, 4.69) is 20.6 Å². The van der Waals surface area contributed by atoms with Crippen LogP contribution in [0.2, 0.25) is 0 Å². The lowest BCUT2D eigenvalue weighted by atomic mass is 9.79. The van der Waals surface area contributed by atoms with Crippen molar-refractivity contribution in [2.45, 2.75) is 37.6 Å². The number of nitrogens with zero attached hydrogens (tertiary/aromatic N) is 3. The monoisotopic (exact) mass is 337 g/mol. The number of nitriles is 1. The smallest absolute Gasteiger partial charge is 0.320 e. The predicted octanol–water partition coefficient (Wildman–Crippen LogP) is 3.03. The number of rotatable bonds is 3. The maximum atomic E-state index is 12.5. The van der Waals surface area contributed by atoms with Gasteiger partial charge in [0.15, 0.2) is 0 Å². The molecule has 0 aliphatic heterocycles. The molecule has 1 fully saturated rings. The first kappa shape index (κ1) is 16.7. The van der Waals surface area contributed by atoms with E-state index in [1.54, 1.807) is 30.5 Å². The molecule has 1 heterocycles. The standard InChI is InChI=1S/C18H19N5O2/c19-12-16-20-11-8-15(22-16)18(9-4-1-5-10-18)23-17(25)21-13-6-2-3-7-14(13)24/h2-3,6-8,11,24H,1,4-5,9-10H2,(H2,21,23,25). The molecule has 0 unspecified atom stereocenters. The third-order valence-corrected chi connectivity index (χ3v) is 4.46. The van der Waals surface area contributed by atoms with Crippen LogP contribution in [0.15, 0.2) is 36.5 Å². The number of urea groups is 1. The average Bonchev–Trinajstić information content (AvgIpc) is 2.64. The number of nitrogens with one attached hydrogen (secondary N) is 2. The van der Waals surface area contributed by atoms with E-state index in [-0.39, 0.29) is 11.6 Å². The molecule has 0 radical (unpaired) electrons. The number of hydrogen-bond donors (Lipinski definition) is 3. The third kappa shape index (κ3) is 3.69. The fraction of sp³-hybridized carbons (Fsp3) is 0.333. The first-order chi connectivity index (χ1) is 12.1. The number of hydrogen-bond acceptors (Lipinski definition) is 5. The Morgan fingerprint density at radius 1 is 1.20 bits per heavy atom. The van der Waals surface area contributed by atoms with Gasteiger partial charge in [-0.15, -0.1) is 0 Å². The zero-order valence-corrected chi connectivity index (χ0v) is 13.7. The van der Waals surface area contributed by atoms with Crippen LogP contribution in [-0.4, -0.2) is 21.1 Å². The van der Waals surface area contributed by atoms with Gasteiger partial charge in [-0.05, 0) is 31.0 Å². The van der Waals surface area contributed by atoms with E-state index in [1.807, 2.05) is 6.07 Å². The van der Waals surface area contributed by atoms with Crippen LogP contribution >= 0.6 is 0 Å². The van der Waals surface area contributed by atoms with Gasteiger partial charge in [0.05, 0.1) is 16.9 Å². The Morgan fingerprint density at radius 2 is 1.96 bits per heavy atom. The summed E-state index contributed by atoms with van der Waals surface area (Å²) in [5.74, 6) is 0.0921. The van der Waals surface area contributed by atoms with Crippen molar-refractivity contribution in [3.63, 3.8) is 0 Å². The molecule has 1 saturated carbocycles. The van der Waals surface area contributed by atoms with E-state index in [0.717, 1.165) is 32.1 Å². The molecule has 1 aromatic heterocycles. The number of carbonyl (C=O) groups excluding carboxylic acids is 1. The minimum atomic E-state index is -0.638. The molecule has 3 N–H and O–H groups in total. The van der Waals surface area contributed by atoms with Crippen molar-refractivity contribution < 1.29 is 9.90 Å². The summed E-state index contributed by atoms with van der Waals surface area (Å²) >= 11 is 0. The Morgan fingerprint density at radius 3 is 2.68 bits per heavy atom. The molecule has 7 nitrogen and oxygen atoms in total. The van der Waals surface area contributed by atoms with E-state index in [1.165, 1.54) is 6.07 Å². The molecule has 7 heteroatoms. The van der Waals surface area contributed by atoms with Gasteiger partial charge in [0.2, 0.25) is 5.82 Å². The van der Waals surface area contributed by atoms with E-state index in [4.69, 9.17) is 5.26 Å². The van der Waals surface area contributed by atoms with Crippen LogP contribution in [0.25, 0.3) is 0 Å². The van der Waals surface area contributed by atoms with Crippen LogP contribution in [-0.2, 0) is 5.54 Å². The summed E-state index contributed by atoms with van der Waals surface area (Å²) in [4.78, 5) is 20.7. The lowest BCUT2D eigenvalue weighted by molar-refractivity contribution is 0.209. The summed E-state index contributed by atoms with van der Waals surface area (Å²) in [6.45, 7) is 0. The highest BCUT2D eigenvalue weighted by atomic mass is 16.3. The van der Waals surface area contributed by atoms with Crippen LogP contribution in [0, 0.1) is 11.3 Å². The van der Waals surface area contributed by atoms with Gasteiger partial charge < -0.3 is 15.7 Å². The SMILES string of the molecule is N#Cc1nccc(C2(NC(=O)Nc3ccccc3O)CCCCC2)n1. The topological polar surface area (TPSA) is 111 Å². The molecule has 25 heavy (non-hydrogen) atoms. The normalized spacial score (nSPS) is 15.8. The number of aromatic nitrogens is 2. The Hall–Kier alpha value is -3.14. The number of para-hydroxylation sites is 2. The quantitative estimate of drug-likeness (QED) is 0.746. The number of aromatic hydroxyl groups is 1. The Bertz CT molecular complexity index is 809. The zero-order valence-electron chi connectivity index (χ0n) is 13.7. The van der Waals surface area contributed by atoms with Crippen LogP contribution in [0.1, 0.15) is 43.6 Å². The van der Waals surface area contributed by atoms with E-state index < -0.39 is 11.6 Å². The molecular formula is C18H19N5O2. The number of phenolic OH excluding ortho intramolecular Hbond substituents is 1. The number of benzene rings is 1. The second-order valence-corrected chi connectivity index (χ2v) is 6.12. The first-order valence-electron chi connectivity index (χ1n) is 8.24. The Balaban J connectivity index is 1.84. The summed E-state index contributed by atoms with van der Waals surface area (Å²) in [5, 5.41) is 24.6. The fourth-order valence-corrected chi connectivity index (χ4v) is 3.23. The summed E-state index contributed by atoms with van der Waals surface area (Å²) in [6.07, 6.45) is 6.04. The van der Waals surface area contributed by atoms with Crippen molar-refractivity contribution in [1.82, 2.24) is 15.3 Å². The molecule has 0 saturated heterocycles. The van der Waals surface area contributed by atoms with Crippen molar-refractivity contribution in [3.8, 4) is 11.8 Å². The van der Waals surface area contributed by atoms with Crippen molar-refractivity contribution in [2.75, 3.05) is 5.32 Å². The van der Waals surface area contributed by atoms with E-state index in [9.17, 15) is 9.90 Å². The van der Waals surface area contributed by atoms with Gasteiger partial charge >= 0.3 is 6.03 Å². The molecule has 0 bridgehead atoms. The van der Waals surface area contributed by atoms with E-state index in [0.29, 0.717) is 11.4 Å². The Kier molecular flexibility index (Phi) is 4.80. The molecule has 3 rings (SSSR count). The molecule has 128 valence electrons. The largest absolute Gasteiger partial charge is 0.506 e. The summed E-state index contributed by atoms with van der Waals surface area (Å²) in [5.41, 5.74) is 0.346. The molecular weight excluding hydrogens is 318 g/mol. The van der Waals surface area contributed by atoms with Gasteiger partial charge in [0.25, 0.3) is 0 Å². The highest BCUT2D eigenvalue weighted by molar-refractivity contribution is 5.91. The molecule has 2 aromatic rings. The molecule has 2 amide bonds. The number of phenols is 1. The predicted molar refractivity (Wildman–Crippen MR) is 91.8 cm³/mol. The zero-order chi connectivity index (χ0) is 17.7. The van der Waals surface area contributed by atoms with Crippen LogP contribution < -0.4 is 10.6 Å². The summed E-state index contributed by atoms with van der Waals surface area (Å²) < 4.78 is 0. The fourth-order valence-electron chi connectivity index (χ4n) is 3.23. The molecule has 0 spiro atoms. The molecule has 0 atom stereocenters. The van der Waals surface area contributed by atoms with Gasteiger partial charge in [-0.25, -0.2) is 14.8 Å². The summed E-state index contributed by atoms with van der Waals surface area (Å²) in [6, 6.07) is 9.82. The van der Waals surface area contributed by atoms with Crippen molar-refractivity contribution >= 4 is 11.7 Å². The molecule has 1 aromatic carbocycles. The number of carbonyl (C=O) groups is 1. The van der Waals surface area contributed by atoms with Gasteiger partial charge in [0.1, 0.15) is 11.8 Å². The Labute approximate surface area is 145 Å². The average molecular weight is 337 g/mol. The summed E-state index contributed by atoms with van der Waals surface area (Å²) in [7, 11) is 0. The number of amides is 2. The minimum Gasteiger partial charge on any atom is -0.506 e. The van der Waals surface area contributed by atoms with Gasteiger partial charge in [-0.1, -0.05) is 31.4 Å². The third-order valence-electron chi connectivity index (χ3n) is 4.46. The lowest BCUT2D eigenvalue weighted by Gasteiger charge is -2.37. The van der Waals surface area contributed by atoms with Crippen molar-refractivity contribution in [2.24, 2.45) is 0 Å². The van der Waals surface area contributed by atoms with E-state index >= 15 is 0 Å². The molecule has 1 aliphatic rings. The van der Waals surface area contributed by atoms with Crippen LogP contribution in [0.3, 0.4) is 0 Å². The van der Waals surface area contributed by atoms with Crippen molar-refractivity contribution in [3.05, 3.63) is 48.0 Å².